The maximum absolute atomic E-state index is 12.5. The number of carbonyl (C=O) groups is 1. The summed E-state index contributed by atoms with van der Waals surface area (Å²) in [5, 5.41) is 0. The van der Waals surface area contributed by atoms with Crippen LogP contribution in [-0.2, 0) is 9.53 Å². The predicted molar refractivity (Wildman–Crippen MR) is 92.6 cm³/mol. The van der Waals surface area contributed by atoms with Crippen molar-refractivity contribution in [3.05, 3.63) is 52.8 Å². The van der Waals surface area contributed by atoms with Crippen molar-refractivity contribution in [2.45, 2.75) is 5.92 Å². The molecule has 7 nitrogen and oxygen atoms in total. The molecule has 0 N–H and O–H groups in total. The molecular formula is C20H16O7. The Labute approximate surface area is 155 Å². The Balaban J connectivity index is 1.76. The van der Waals surface area contributed by atoms with Gasteiger partial charge in [0.15, 0.2) is 28.8 Å². The van der Waals surface area contributed by atoms with Crippen LogP contribution < -0.4 is 23.7 Å². The minimum absolute atomic E-state index is 0.102. The fraction of sp³-hybridized carbons (Fsp3) is 0.250. The number of hydrogen-bond acceptors (Lipinski definition) is 7. The van der Waals surface area contributed by atoms with Crippen molar-refractivity contribution in [1.29, 1.82) is 0 Å². The van der Waals surface area contributed by atoms with Gasteiger partial charge in [0.1, 0.15) is 12.4 Å². The van der Waals surface area contributed by atoms with E-state index in [-0.39, 0.29) is 13.4 Å². The van der Waals surface area contributed by atoms with Crippen molar-refractivity contribution < 1.29 is 33.2 Å². The van der Waals surface area contributed by atoms with Gasteiger partial charge < -0.3 is 28.4 Å². The van der Waals surface area contributed by atoms with E-state index in [9.17, 15) is 4.79 Å². The molecule has 0 saturated heterocycles. The van der Waals surface area contributed by atoms with E-state index in [0.29, 0.717) is 40.1 Å². The summed E-state index contributed by atoms with van der Waals surface area (Å²) in [5.74, 6) is 2.63. The molecule has 0 bridgehead atoms. The van der Waals surface area contributed by atoms with Crippen LogP contribution in [0.15, 0.2) is 41.7 Å². The standard InChI is InChI=1S/C20H16O7/c1-22-12-5-3-4-10(19(12)23-2)17-11-6-14-15(26-9-25-14)7-13(11)27-16-8-24-20(21)18(16)17/h3-7,17H,8-9H2,1-2H3/t17-/m0/s1. The Hall–Kier alpha value is -3.35. The number of para-hydroxylation sites is 1. The summed E-state index contributed by atoms with van der Waals surface area (Å²) in [6, 6.07) is 9.20. The van der Waals surface area contributed by atoms with Crippen molar-refractivity contribution in [2.75, 3.05) is 27.6 Å². The molecular weight excluding hydrogens is 352 g/mol. The summed E-state index contributed by atoms with van der Waals surface area (Å²) in [6.45, 7) is 0.255. The number of ether oxygens (including phenoxy) is 6. The third-order valence-electron chi connectivity index (χ3n) is 4.94. The first kappa shape index (κ1) is 15.9. The van der Waals surface area contributed by atoms with E-state index in [2.05, 4.69) is 0 Å². The van der Waals surface area contributed by atoms with Crippen LogP contribution in [-0.4, -0.2) is 33.6 Å². The second-order valence-corrected chi connectivity index (χ2v) is 6.27. The van der Waals surface area contributed by atoms with Crippen molar-refractivity contribution in [3.8, 4) is 28.7 Å². The third-order valence-corrected chi connectivity index (χ3v) is 4.94. The maximum atomic E-state index is 12.5. The van der Waals surface area contributed by atoms with Gasteiger partial charge in [-0.15, -0.1) is 0 Å². The third kappa shape index (κ3) is 2.24. The fourth-order valence-corrected chi connectivity index (χ4v) is 3.77. The van der Waals surface area contributed by atoms with Gasteiger partial charge >= 0.3 is 5.97 Å². The summed E-state index contributed by atoms with van der Waals surface area (Å²) in [7, 11) is 3.15. The van der Waals surface area contributed by atoms with Gasteiger partial charge in [0.2, 0.25) is 6.79 Å². The second-order valence-electron chi connectivity index (χ2n) is 6.27. The average Bonchev–Trinajstić information content (AvgIpc) is 3.30. The zero-order valence-electron chi connectivity index (χ0n) is 14.7. The minimum Gasteiger partial charge on any atom is -0.493 e. The molecule has 0 spiro atoms. The molecule has 3 heterocycles. The van der Waals surface area contributed by atoms with Crippen LogP contribution in [0.25, 0.3) is 0 Å². The van der Waals surface area contributed by atoms with Gasteiger partial charge in [-0.1, -0.05) is 12.1 Å². The number of carbonyl (C=O) groups excluding carboxylic acids is 1. The number of esters is 1. The Morgan fingerprint density at radius 3 is 2.56 bits per heavy atom. The van der Waals surface area contributed by atoms with Crippen LogP contribution in [0.5, 0.6) is 28.7 Å². The van der Waals surface area contributed by atoms with Gasteiger partial charge in [-0.3, -0.25) is 0 Å². The first-order valence-corrected chi connectivity index (χ1v) is 8.43. The molecule has 0 aliphatic carbocycles. The van der Waals surface area contributed by atoms with Crippen LogP contribution in [0, 0.1) is 0 Å². The van der Waals surface area contributed by atoms with Crippen molar-refractivity contribution in [3.63, 3.8) is 0 Å². The van der Waals surface area contributed by atoms with E-state index in [1.54, 1.807) is 20.3 Å². The lowest BCUT2D eigenvalue weighted by Gasteiger charge is -2.27. The lowest BCUT2D eigenvalue weighted by Crippen LogP contribution is -2.19. The SMILES string of the molecule is COc1cccc([C@@H]2C3=C(COC3=O)Oc3cc4c(cc32)OCO4)c1OC. The number of benzene rings is 2. The van der Waals surface area contributed by atoms with E-state index in [0.717, 1.165) is 11.1 Å². The van der Waals surface area contributed by atoms with E-state index < -0.39 is 11.9 Å². The molecule has 1 atom stereocenters. The second kappa shape index (κ2) is 5.84. The van der Waals surface area contributed by atoms with E-state index in [4.69, 9.17) is 28.4 Å². The first-order valence-electron chi connectivity index (χ1n) is 8.43. The summed E-state index contributed by atoms with van der Waals surface area (Å²) in [4.78, 5) is 12.5. The monoisotopic (exact) mass is 368 g/mol. The van der Waals surface area contributed by atoms with E-state index in [1.807, 2.05) is 24.3 Å². The highest BCUT2D eigenvalue weighted by molar-refractivity contribution is 5.95. The molecule has 5 rings (SSSR count). The Morgan fingerprint density at radius 2 is 1.78 bits per heavy atom. The molecule has 0 fully saturated rings. The topological polar surface area (TPSA) is 72.5 Å². The zero-order valence-corrected chi connectivity index (χ0v) is 14.7. The molecule has 3 aliphatic heterocycles. The number of cyclic esters (lactones) is 1. The zero-order chi connectivity index (χ0) is 18.5. The van der Waals surface area contributed by atoms with E-state index >= 15 is 0 Å². The van der Waals surface area contributed by atoms with Crippen LogP contribution in [0.4, 0.5) is 0 Å². The van der Waals surface area contributed by atoms with E-state index in [1.165, 1.54) is 0 Å². The molecule has 138 valence electrons. The van der Waals surface area contributed by atoms with Gasteiger partial charge in [0, 0.05) is 17.2 Å². The molecule has 3 aliphatic rings. The highest BCUT2D eigenvalue weighted by Gasteiger charge is 2.42. The lowest BCUT2D eigenvalue weighted by atomic mass is 9.82. The maximum Gasteiger partial charge on any atom is 0.339 e. The molecule has 7 heteroatoms. The van der Waals surface area contributed by atoms with Crippen LogP contribution >= 0.6 is 0 Å². The van der Waals surface area contributed by atoms with Gasteiger partial charge in [-0.2, -0.15) is 0 Å². The summed E-state index contributed by atoms with van der Waals surface area (Å²) < 4.78 is 33.2. The number of rotatable bonds is 3. The largest absolute Gasteiger partial charge is 0.493 e. The normalized spacial score (nSPS) is 19.2. The molecule has 0 saturated carbocycles. The van der Waals surface area contributed by atoms with Gasteiger partial charge in [0.05, 0.1) is 25.7 Å². The summed E-state index contributed by atoms with van der Waals surface area (Å²) >= 11 is 0. The molecule has 0 aromatic heterocycles. The van der Waals surface area contributed by atoms with Crippen molar-refractivity contribution >= 4 is 5.97 Å². The van der Waals surface area contributed by atoms with Crippen molar-refractivity contribution in [2.24, 2.45) is 0 Å². The summed E-state index contributed by atoms with van der Waals surface area (Å²) in [6.07, 6.45) is 0. The summed E-state index contributed by atoms with van der Waals surface area (Å²) in [5.41, 5.74) is 2.03. The predicted octanol–water partition coefficient (Wildman–Crippen LogP) is 2.77. The number of hydrogen-bond donors (Lipinski definition) is 0. The molecule has 0 radical (unpaired) electrons. The highest BCUT2D eigenvalue weighted by atomic mass is 16.7. The Morgan fingerprint density at radius 1 is 0.963 bits per heavy atom. The first-order chi connectivity index (χ1) is 13.2. The fourth-order valence-electron chi connectivity index (χ4n) is 3.77. The smallest absolute Gasteiger partial charge is 0.339 e. The molecule has 2 aromatic carbocycles. The minimum atomic E-state index is -0.432. The van der Waals surface area contributed by atoms with Gasteiger partial charge in [-0.05, 0) is 12.1 Å². The average molecular weight is 368 g/mol. The molecule has 0 amide bonds. The highest BCUT2D eigenvalue weighted by Crippen LogP contribution is 2.52. The van der Waals surface area contributed by atoms with Crippen LogP contribution in [0.1, 0.15) is 17.0 Å². The van der Waals surface area contributed by atoms with Gasteiger partial charge in [-0.25, -0.2) is 4.79 Å². The number of methoxy groups -OCH3 is 2. The quantitative estimate of drug-likeness (QED) is 0.772. The van der Waals surface area contributed by atoms with Crippen LogP contribution in [0.3, 0.4) is 0 Å². The molecule has 0 unspecified atom stereocenters. The van der Waals surface area contributed by atoms with Gasteiger partial charge in [0.25, 0.3) is 0 Å². The van der Waals surface area contributed by atoms with Crippen LogP contribution in [0.2, 0.25) is 0 Å². The number of fused-ring (bicyclic) bond motifs is 2. The lowest BCUT2D eigenvalue weighted by molar-refractivity contribution is -0.136. The Bertz CT molecular complexity index is 992. The molecule has 2 aromatic rings. The van der Waals surface area contributed by atoms with Crippen molar-refractivity contribution in [1.82, 2.24) is 0 Å². The molecule has 27 heavy (non-hydrogen) atoms. The Kier molecular flexibility index (Phi) is 3.43.